The minimum absolute atomic E-state index is 0.0291. The lowest BCUT2D eigenvalue weighted by atomic mass is 10.1. The zero-order valence-corrected chi connectivity index (χ0v) is 13.1. The molecular weight excluding hydrogens is 333 g/mol. The number of rotatable bonds is 4. The largest absolute Gasteiger partial charge is 0.435 e. The Morgan fingerprint density at radius 3 is 2.65 bits per heavy atom. The Balaban J connectivity index is 2.03. The van der Waals surface area contributed by atoms with Crippen LogP contribution in [0.3, 0.4) is 0 Å². The number of carbonyl (C=O) groups excluding carboxylic acids is 1. The molecule has 0 aliphatic carbocycles. The Kier molecular flexibility index (Phi) is 4.93. The van der Waals surface area contributed by atoms with Crippen LogP contribution in [0, 0.1) is 12.8 Å². The molecule has 0 aliphatic heterocycles. The molecule has 0 saturated carbocycles. The molecule has 1 atom stereocenters. The zero-order chi connectivity index (χ0) is 17.2. The zero-order valence-electron chi connectivity index (χ0n) is 12.4. The molecule has 0 spiro atoms. The first-order valence-electron chi connectivity index (χ1n) is 6.71. The summed E-state index contributed by atoms with van der Waals surface area (Å²) in [5, 5.41) is 6.51. The van der Waals surface area contributed by atoms with Crippen LogP contribution in [0.15, 0.2) is 24.4 Å². The van der Waals surface area contributed by atoms with Gasteiger partial charge in [0.2, 0.25) is 5.91 Å². The quantitative estimate of drug-likeness (QED) is 0.921. The molecule has 23 heavy (non-hydrogen) atoms. The van der Waals surface area contributed by atoms with Crippen molar-refractivity contribution in [3.8, 4) is 0 Å². The van der Waals surface area contributed by atoms with Crippen molar-refractivity contribution >= 4 is 23.3 Å². The van der Waals surface area contributed by atoms with Crippen LogP contribution in [-0.4, -0.2) is 20.7 Å². The Morgan fingerprint density at radius 1 is 1.43 bits per heavy atom. The minimum atomic E-state index is -4.51. The third kappa shape index (κ3) is 4.44. The Morgan fingerprint density at radius 2 is 2.13 bits per heavy atom. The van der Waals surface area contributed by atoms with Gasteiger partial charge in [-0.05, 0) is 25.1 Å². The maximum absolute atomic E-state index is 12.6. The summed E-state index contributed by atoms with van der Waals surface area (Å²) in [6, 6.07) is 4.06. The molecule has 0 aliphatic rings. The van der Waals surface area contributed by atoms with Gasteiger partial charge >= 0.3 is 6.18 Å². The fourth-order valence-electron chi connectivity index (χ4n) is 1.87. The number of hydrogen-bond donors (Lipinski definition) is 1. The molecule has 1 amide bonds. The molecule has 0 fully saturated rings. The second kappa shape index (κ2) is 6.57. The number of anilines is 1. The van der Waals surface area contributed by atoms with Crippen LogP contribution in [0.1, 0.15) is 18.3 Å². The van der Waals surface area contributed by atoms with Gasteiger partial charge in [0.1, 0.15) is 5.82 Å². The Hall–Kier alpha value is -2.09. The topological polar surface area (TPSA) is 59.8 Å². The number of nitrogens with zero attached hydrogens (tertiary/aromatic N) is 3. The highest BCUT2D eigenvalue weighted by atomic mass is 35.5. The second-order valence-corrected chi connectivity index (χ2v) is 5.54. The van der Waals surface area contributed by atoms with Crippen molar-refractivity contribution in [3.05, 3.63) is 40.8 Å². The summed E-state index contributed by atoms with van der Waals surface area (Å²) in [5.74, 6) is -0.644. The SMILES string of the molecule is Cc1cc(C(F)(F)F)nn1CC(C)C(=O)Nc1ccc(Cl)cn1. The third-order valence-electron chi connectivity index (χ3n) is 3.14. The molecule has 1 unspecified atom stereocenters. The number of carbonyl (C=O) groups is 1. The van der Waals surface area contributed by atoms with E-state index >= 15 is 0 Å². The fourth-order valence-corrected chi connectivity index (χ4v) is 1.99. The van der Waals surface area contributed by atoms with Crippen molar-refractivity contribution in [1.29, 1.82) is 0 Å². The van der Waals surface area contributed by atoms with E-state index in [4.69, 9.17) is 11.6 Å². The third-order valence-corrected chi connectivity index (χ3v) is 3.37. The van der Waals surface area contributed by atoms with Crippen molar-refractivity contribution in [1.82, 2.24) is 14.8 Å². The number of amides is 1. The number of hydrogen-bond acceptors (Lipinski definition) is 3. The van der Waals surface area contributed by atoms with E-state index in [-0.39, 0.29) is 12.5 Å². The molecule has 124 valence electrons. The van der Waals surface area contributed by atoms with Gasteiger partial charge in [0.25, 0.3) is 0 Å². The van der Waals surface area contributed by atoms with Crippen molar-refractivity contribution in [3.63, 3.8) is 0 Å². The summed E-state index contributed by atoms with van der Waals surface area (Å²) >= 11 is 5.70. The molecular formula is C14H14ClF3N4O. The summed E-state index contributed by atoms with van der Waals surface area (Å²) in [7, 11) is 0. The van der Waals surface area contributed by atoms with E-state index in [1.165, 1.54) is 23.9 Å². The first-order valence-corrected chi connectivity index (χ1v) is 7.08. The van der Waals surface area contributed by atoms with E-state index in [2.05, 4.69) is 15.4 Å². The predicted octanol–water partition coefficient (Wildman–Crippen LogP) is 3.53. The Labute approximate surface area is 135 Å². The summed E-state index contributed by atoms with van der Waals surface area (Å²) in [5.41, 5.74) is -0.636. The molecule has 2 aromatic rings. The summed E-state index contributed by atoms with van der Waals surface area (Å²) in [6.07, 6.45) is -3.12. The average Bonchev–Trinajstić information content (AvgIpc) is 2.82. The fraction of sp³-hybridized carbons (Fsp3) is 0.357. The first-order chi connectivity index (χ1) is 10.7. The van der Waals surface area contributed by atoms with Crippen LogP contribution in [0.2, 0.25) is 5.02 Å². The second-order valence-electron chi connectivity index (χ2n) is 5.10. The van der Waals surface area contributed by atoms with Crippen molar-refractivity contribution in [2.45, 2.75) is 26.6 Å². The van der Waals surface area contributed by atoms with E-state index in [1.807, 2.05) is 0 Å². The van der Waals surface area contributed by atoms with Crippen molar-refractivity contribution in [2.75, 3.05) is 5.32 Å². The van der Waals surface area contributed by atoms with Gasteiger partial charge in [0.15, 0.2) is 5.69 Å². The maximum Gasteiger partial charge on any atom is 0.435 e. The number of nitrogens with one attached hydrogen (secondary N) is 1. The Bertz CT molecular complexity index is 697. The van der Waals surface area contributed by atoms with Gasteiger partial charge in [-0.2, -0.15) is 18.3 Å². The lowest BCUT2D eigenvalue weighted by molar-refractivity contribution is -0.141. The van der Waals surface area contributed by atoms with Crippen LogP contribution >= 0.6 is 11.6 Å². The lowest BCUT2D eigenvalue weighted by Crippen LogP contribution is -2.25. The van der Waals surface area contributed by atoms with E-state index in [9.17, 15) is 18.0 Å². The van der Waals surface area contributed by atoms with E-state index in [0.29, 0.717) is 16.5 Å². The molecule has 2 aromatic heterocycles. The van der Waals surface area contributed by atoms with Crippen LogP contribution in [0.25, 0.3) is 0 Å². The van der Waals surface area contributed by atoms with Crippen LogP contribution in [-0.2, 0) is 17.5 Å². The number of aryl methyl sites for hydroxylation is 1. The minimum Gasteiger partial charge on any atom is -0.310 e. The van der Waals surface area contributed by atoms with Gasteiger partial charge in [-0.1, -0.05) is 18.5 Å². The molecule has 2 rings (SSSR count). The van der Waals surface area contributed by atoms with Crippen LogP contribution < -0.4 is 5.32 Å². The lowest BCUT2D eigenvalue weighted by Gasteiger charge is -2.13. The first kappa shape index (κ1) is 17.3. The molecule has 9 heteroatoms. The number of alkyl halides is 3. The molecule has 0 saturated heterocycles. The standard InChI is InChI=1S/C14H14ClF3N4O/c1-8(13(23)20-12-4-3-10(15)6-19-12)7-22-9(2)5-11(21-22)14(16,17)18/h3-6,8H,7H2,1-2H3,(H,19,20,23). The number of halogens is 4. The summed E-state index contributed by atoms with van der Waals surface area (Å²) < 4.78 is 39.0. The van der Waals surface area contributed by atoms with Gasteiger partial charge in [-0.15, -0.1) is 0 Å². The summed E-state index contributed by atoms with van der Waals surface area (Å²) in [4.78, 5) is 16.0. The van der Waals surface area contributed by atoms with Gasteiger partial charge in [0, 0.05) is 11.9 Å². The summed E-state index contributed by atoms with van der Waals surface area (Å²) in [6.45, 7) is 3.13. The highest BCUT2D eigenvalue weighted by Crippen LogP contribution is 2.28. The van der Waals surface area contributed by atoms with Gasteiger partial charge in [-0.25, -0.2) is 4.98 Å². The molecule has 5 nitrogen and oxygen atoms in total. The molecule has 1 N–H and O–H groups in total. The molecule has 0 radical (unpaired) electrons. The monoisotopic (exact) mass is 346 g/mol. The predicted molar refractivity (Wildman–Crippen MR) is 79.0 cm³/mol. The normalized spacial score (nSPS) is 13.0. The van der Waals surface area contributed by atoms with E-state index < -0.39 is 17.8 Å². The molecule has 0 bridgehead atoms. The number of aromatic nitrogens is 3. The van der Waals surface area contributed by atoms with Gasteiger partial charge in [0.05, 0.1) is 17.5 Å². The average molecular weight is 347 g/mol. The highest BCUT2D eigenvalue weighted by molar-refractivity contribution is 6.30. The maximum atomic E-state index is 12.6. The van der Waals surface area contributed by atoms with E-state index in [0.717, 1.165) is 6.07 Å². The molecule has 0 aromatic carbocycles. The van der Waals surface area contributed by atoms with Gasteiger partial charge in [-0.3, -0.25) is 9.48 Å². The smallest absolute Gasteiger partial charge is 0.310 e. The van der Waals surface area contributed by atoms with Gasteiger partial charge < -0.3 is 5.32 Å². The van der Waals surface area contributed by atoms with E-state index in [1.54, 1.807) is 13.0 Å². The van der Waals surface area contributed by atoms with Crippen LogP contribution in [0.5, 0.6) is 0 Å². The highest BCUT2D eigenvalue weighted by Gasteiger charge is 2.34. The number of pyridine rings is 1. The van der Waals surface area contributed by atoms with Crippen LogP contribution in [0.4, 0.5) is 19.0 Å². The van der Waals surface area contributed by atoms with Crippen molar-refractivity contribution in [2.24, 2.45) is 5.92 Å². The molecule has 2 heterocycles. The van der Waals surface area contributed by atoms with Crippen molar-refractivity contribution < 1.29 is 18.0 Å².